The molecule has 3 amide bonds. The molecule has 1 aliphatic heterocycles. The Morgan fingerprint density at radius 2 is 1.62 bits per heavy atom. The van der Waals surface area contributed by atoms with E-state index in [0.29, 0.717) is 23.6 Å². The molecule has 1 aliphatic rings. The largest absolute Gasteiger partial charge is 0.495 e. The van der Waals surface area contributed by atoms with Crippen LogP contribution in [0, 0.1) is 17.8 Å². The Morgan fingerprint density at radius 3 is 2.27 bits per heavy atom. The number of methoxy groups -OCH3 is 1. The van der Waals surface area contributed by atoms with Crippen LogP contribution in [0.5, 0.6) is 5.75 Å². The van der Waals surface area contributed by atoms with Gasteiger partial charge in [-0.3, -0.25) is 14.4 Å². The lowest BCUT2D eigenvalue weighted by Gasteiger charge is -2.28. The van der Waals surface area contributed by atoms with Crippen molar-refractivity contribution in [3.63, 3.8) is 0 Å². The number of halogens is 1. The van der Waals surface area contributed by atoms with Crippen molar-refractivity contribution in [1.29, 1.82) is 0 Å². The smallest absolute Gasteiger partial charge is 0.328 e. The van der Waals surface area contributed by atoms with E-state index in [1.807, 2.05) is 77.1 Å². The summed E-state index contributed by atoms with van der Waals surface area (Å²) in [7, 11) is 1.52. The summed E-state index contributed by atoms with van der Waals surface area (Å²) in [6.45, 7) is 9.88. The Balaban J connectivity index is 1.96. The van der Waals surface area contributed by atoms with Crippen LogP contribution in [0.2, 0.25) is 5.02 Å². The molecule has 0 saturated carbocycles. The Morgan fingerprint density at radius 1 is 0.917 bits per heavy atom. The summed E-state index contributed by atoms with van der Waals surface area (Å²) in [6, 6.07) is 12.6. The molecule has 2 aromatic rings. The summed E-state index contributed by atoms with van der Waals surface area (Å²) < 4.78 is 11.3. The molecule has 1 heterocycles. The zero-order valence-electron chi connectivity index (χ0n) is 28.8. The maximum Gasteiger partial charge on any atom is 0.328 e. The van der Waals surface area contributed by atoms with Gasteiger partial charge in [0.05, 0.1) is 12.1 Å². The maximum absolute atomic E-state index is 13.7. The minimum Gasteiger partial charge on any atom is -0.495 e. The van der Waals surface area contributed by atoms with E-state index >= 15 is 0 Å². The fraction of sp³-hybridized carbons (Fsp3) is 0.474. The van der Waals surface area contributed by atoms with Gasteiger partial charge in [-0.05, 0) is 54.0 Å². The molecule has 260 valence electrons. The van der Waals surface area contributed by atoms with E-state index in [0.717, 1.165) is 11.1 Å². The highest BCUT2D eigenvalue weighted by molar-refractivity contribution is 6.32. The summed E-state index contributed by atoms with van der Waals surface area (Å²) >= 11 is 6.36. The van der Waals surface area contributed by atoms with E-state index in [1.165, 1.54) is 13.2 Å². The van der Waals surface area contributed by atoms with E-state index in [9.17, 15) is 19.2 Å². The van der Waals surface area contributed by atoms with E-state index in [1.54, 1.807) is 24.3 Å². The van der Waals surface area contributed by atoms with Crippen LogP contribution >= 0.6 is 11.6 Å². The average molecular weight is 680 g/mol. The van der Waals surface area contributed by atoms with Gasteiger partial charge in [-0.2, -0.15) is 0 Å². The number of esters is 1. The topological polar surface area (TPSA) is 123 Å². The molecular formula is C38H50ClN3O6. The molecule has 9 nitrogen and oxygen atoms in total. The molecule has 0 aliphatic carbocycles. The Bertz CT molecular complexity index is 1440. The van der Waals surface area contributed by atoms with Crippen molar-refractivity contribution >= 4 is 41.4 Å². The van der Waals surface area contributed by atoms with Crippen molar-refractivity contribution in [2.75, 3.05) is 7.11 Å². The third-order valence-electron chi connectivity index (χ3n) is 8.03. The number of rotatable bonds is 10. The molecule has 0 aromatic heterocycles. The van der Waals surface area contributed by atoms with Gasteiger partial charge in [-0.1, -0.05) is 101 Å². The van der Waals surface area contributed by atoms with Gasteiger partial charge in [0.15, 0.2) is 0 Å². The van der Waals surface area contributed by atoms with Gasteiger partial charge >= 0.3 is 5.97 Å². The van der Waals surface area contributed by atoms with Crippen LogP contribution in [0.25, 0.3) is 6.08 Å². The predicted octanol–water partition coefficient (Wildman–Crippen LogP) is 6.05. The predicted molar refractivity (Wildman–Crippen MR) is 189 cm³/mol. The first kappa shape index (κ1) is 38.3. The fourth-order valence-electron chi connectivity index (χ4n) is 5.59. The SMILES string of the molecule is COc1ccc(C[C@H]2NC(=O)C=CC[C@@H]([C@H](C)C=Cc3ccccc3)OC(=O)[C@H](CC(C)C)NC(=O)CC(CC(C)C)NC2=O)cc1Cl. The number of amides is 3. The van der Waals surface area contributed by atoms with Crippen LogP contribution in [0.15, 0.2) is 66.8 Å². The quantitative estimate of drug-likeness (QED) is 0.263. The van der Waals surface area contributed by atoms with Crippen molar-refractivity contribution in [1.82, 2.24) is 16.0 Å². The summed E-state index contributed by atoms with van der Waals surface area (Å²) in [5, 5.41) is 9.09. The third kappa shape index (κ3) is 12.8. The van der Waals surface area contributed by atoms with Crippen LogP contribution in [-0.4, -0.2) is 55.0 Å². The monoisotopic (exact) mass is 679 g/mol. The first-order chi connectivity index (χ1) is 22.8. The van der Waals surface area contributed by atoms with Gasteiger partial charge in [0.25, 0.3) is 0 Å². The molecule has 5 atom stereocenters. The summed E-state index contributed by atoms with van der Waals surface area (Å²) in [5.74, 6) is -1.26. The number of hydrogen-bond donors (Lipinski definition) is 3. The number of nitrogens with one attached hydrogen (secondary N) is 3. The fourth-order valence-corrected chi connectivity index (χ4v) is 5.87. The number of benzene rings is 2. The first-order valence-electron chi connectivity index (χ1n) is 16.7. The average Bonchev–Trinajstić information content (AvgIpc) is 3.02. The van der Waals surface area contributed by atoms with Crippen molar-refractivity contribution < 1.29 is 28.7 Å². The molecule has 3 rings (SSSR count). The van der Waals surface area contributed by atoms with Gasteiger partial charge in [-0.15, -0.1) is 0 Å². The van der Waals surface area contributed by atoms with Gasteiger partial charge < -0.3 is 25.4 Å². The second-order valence-corrected chi connectivity index (χ2v) is 13.7. The van der Waals surface area contributed by atoms with Gasteiger partial charge in [-0.25, -0.2) is 4.79 Å². The summed E-state index contributed by atoms with van der Waals surface area (Å²) in [6.07, 6.45) is 7.58. The zero-order valence-corrected chi connectivity index (χ0v) is 29.6. The summed E-state index contributed by atoms with van der Waals surface area (Å²) in [5.41, 5.74) is 1.72. The molecule has 3 N–H and O–H groups in total. The molecule has 1 unspecified atom stereocenters. The van der Waals surface area contributed by atoms with E-state index < -0.39 is 42.0 Å². The number of ether oxygens (including phenoxy) is 2. The van der Waals surface area contributed by atoms with Crippen molar-refractivity contribution in [2.24, 2.45) is 17.8 Å². The molecule has 0 saturated heterocycles. The zero-order chi connectivity index (χ0) is 35.2. The van der Waals surface area contributed by atoms with E-state index in [-0.39, 0.29) is 42.9 Å². The highest BCUT2D eigenvalue weighted by Gasteiger charge is 2.30. The lowest BCUT2D eigenvalue weighted by atomic mass is 9.97. The molecule has 0 radical (unpaired) electrons. The van der Waals surface area contributed by atoms with Crippen LogP contribution in [0.3, 0.4) is 0 Å². The highest BCUT2D eigenvalue weighted by Crippen LogP contribution is 2.26. The van der Waals surface area contributed by atoms with Crippen molar-refractivity contribution in [3.05, 3.63) is 82.9 Å². The summed E-state index contributed by atoms with van der Waals surface area (Å²) in [4.78, 5) is 54.0. The molecule has 10 heteroatoms. The van der Waals surface area contributed by atoms with Gasteiger partial charge in [0, 0.05) is 31.2 Å². The molecule has 0 fully saturated rings. The lowest BCUT2D eigenvalue weighted by molar-refractivity contribution is -0.155. The molecule has 0 spiro atoms. The van der Waals surface area contributed by atoms with Crippen molar-refractivity contribution in [3.8, 4) is 5.75 Å². The molecule has 0 bridgehead atoms. The maximum atomic E-state index is 13.7. The first-order valence-corrected chi connectivity index (χ1v) is 17.0. The standard InChI is InChI=1S/C38H50ClN3O6/c1-24(2)19-29-23-36(44)42-32(20-25(3)4)38(46)48-33(26(5)15-16-27-11-8-7-9-12-27)13-10-14-35(43)41-31(37(45)40-29)22-28-17-18-34(47-6)30(39)21-28/h7-12,14-18,21,24-26,29,31-33H,13,19-20,22-23H2,1-6H3,(H,40,45)(H,41,43)(H,42,44)/t26-,29?,31-,32+,33+/m1/s1. The minimum absolute atomic E-state index is 0.0413. The molecule has 2 aromatic carbocycles. The number of hydrogen-bond acceptors (Lipinski definition) is 6. The molecular weight excluding hydrogens is 630 g/mol. The number of cyclic esters (lactones) is 1. The normalized spacial score (nSPS) is 22.3. The van der Waals surface area contributed by atoms with Crippen molar-refractivity contribution in [2.45, 2.75) is 91.0 Å². The number of carbonyl (C=O) groups is 4. The van der Waals surface area contributed by atoms with E-state index in [4.69, 9.17) is 21.1 Å². The third-order valence-corrected chi connectivity index (χ3v) is 8.33. The van der Waals surface area contributed by atoms with Crippen LogP contribution in [-0.2, 0) is 30.3 Å². The lowest BCUT2D eigenvalue weighted by Crippen LogP contribution is -2.52. The second kappa shape index (κ2) is 19.0. The highest BCUT2D eigenvalue weighted by atomic mass is 35.5. The van der Waals surface area contributed by atoms with Gasteiger partial charge in [0.2, 0.25) is 17.7 Å². The Hall–Kier alpha value is -4.11. The minimum atomic E-state index is -0.952. The Kier molecular flexibility index (Phi) is 15.2. The Labute approximate surface area is 289 Å². The van der Waals surface area contributed by atoms with Gasteiger partial charge in [0.1, 0.15) is 23.9 Å². The van der Waals surface area contributed by atoms with E-state index in [2.05, 4.69) is 16.0 Å². The second-order valence-electron chi connectivity index (χ2n) is 13.3. The molecule has 48 heavy (non-hydrogen) atoms. The van der Waals surface area contributed by atoms with Crippen LogP contribution < -0.4 is 20.7 Å². The number of carbonyl (C=O) groups excluding carboxylic acids is 4. The van der Waals surface area contributed by atoms with Crippen LogP contribution in [0.1, 0.15) is 71.4 Å². The van der Waals surface area contributed by atoms with Crippen LogP contribution in [0.4, 0.5) is 0 Å².